The van der Waals surface area contributed by atoms with Crippen LogP contribution in [0.5, 0.6) is 11.5 Å². The highest BCUT2D eigenvalue weighted by Crippen LogP contribution is 2.27. The Morgan fingerprint density at radius 2 is 1.40 bits per heavy atom. The van der Waals surface area contributed by atoms with Crippen molar-refractivity contribution in [3.63, 3.8) is 0 Å². The lowest BCUT2D eigenvalue weighted by Crippen LogP contribution is -2.46. The minimum Gasteiger partial charge on any atom is -0.497 e. The largest absolute Gasteiger partial charge is 0.497 e. The van der Waals surface area contributed by atoms with Gasteiger partial charge in [-0.25, -0.2) is 0 Å². The highest BCUT2D eigenvalue weighted by molar-refractivity contribution is 5.79. The Hall–Kier alpha value is -2.53. The van der Waals surface area contributed by atoms with E-state index in [2.05, 4.69) is 24.1 Å². The van der Waals surface area contributed by atoms with Crippen molar-refractivity contribution in [2.45, 2.75) is 57.7 Å². The molecule has 5 heteroatoms. The molecule has 0 aromatic heterocycles. The van der Waals surface area contributed by atoms with Crippen molar-refractivity contribution in [3.05, 3.63) is 59.7 Å². The van der Waals surface area contributed by atoms with Crippen LogP contribution < -0.4 is 14.8 Å². The van der Waals surface area contributed by atoms with E-state index in [0.717, 1.165) is 22.6 Å². The molecule has 1 aliphatic rings. The summed E-state index contributed by atoms with van der Waals surface area (Å²) in [5.74, 6) is 1.64. The molecule has 5 nitrogen and oxygen atoms in total. The van der Waals surface area contributed by atoms with Crippen LogP contribution in [-0.4, -0.2) is 43.7 Å². The first-order valence-electron chi connectivity index (χ1n) is 10.8. The molecule has 0 radical (unpaired) electrons. The van der Waals surface area contributed by atoms with Gasteiger partial charge in [0.2, 0.25) is 5.91 Å². The van der Waals surface area contributed by atoms with E-state index >= 15 is 0 Å². The van der Waals surface area contributed by atoms with Gasteiger partial charge in [0.1, 0.15) is 11.5 Å². The first-order chi connectivity index (χ1) is 14.5. The maximum absolute atomic E-state index is 13.1. The first kappa shape index (κ1) is 22.2. The fourth-order valence-corrected chi connectivity index (χ4v) is 4.29. The predicted molar refractivity (Wildman–Crippen MR) is 120 cm³/mol. The Morgan fingerprint density at radius 1 is 0.933 bits per heavy atom. The molecule has 2 aromatic rings. The molecule has 1 N–H and O–H groups in total. The Morgan fingerprint density at radius 3 is 1.80 bits per heavy atom. The van der Waals surface area contributed by atoms with Crippen LogP contribution in [0, 0.1) is 0 Å². The smallest absolute Gasteiger partial charge is 0.234 e. The van der Waals surface area contributed by atoms with Crippen LogP contribution in [0.3, 0.4) is 0 Å². The van der Waals surface area contributed by atoms with Crippen LogP contribution in [0.4, 0.5) is 0 Å². The summed E-state index contributed by atoms with van der Waals surface area (Å²) >= 11 is 0. The summed E-state index contributed by atoms with van der Waals surface area (Å²) in [5, 5.41) is 3.27. The number of hydrogen-bond acceptors (Lipinski definition) is 4. The molecular weight excluding hydrogens is 376 g/mol. The number of methoxy groups -OCH3 is 2. The van der Waals surface area contributed by atoms with Gasteiger partial charge in [-0.05, 0) is 62.1 Å². The molecule has 1 amide bonds. The van der Waals surface area contributed by atoms with E-state index in [0.29, 0.717) is 18.6 Å². The minimum absolute atomic E-state index is 0.0484. The molecule has 1 aliphatic carbocycles. The van der Waals surface area contributed by atoms with Gasteiger partial charge in [-0.1, -0.05) is 37.1 Å². The van der Waals surface area contributed by atoms with Crippen LogP contribution in [0.2, 0.25) is 0 Å². The molecule has 0 atom stereocenters. The van der Waals surface area contributed by atoms with Gasteiger partial charge in [0, 0.05) is 12.1 Å². The summed E-state index contributed by atoms with van der Waals surface area (Å²) in [6.07, 6.45) is 4.89. The van der Waals surface area contributed by atoms with Gasteiger partial charge >= 0.3 is 0 Å². The summed E-state index contributed by atoms with van der Waals surface area (Å²) < 4.78 is 10.6. The van der Waals surface area contributed by atoms with Crippen molar-refractivity contribution in [2.24, 2.45) is 0 Å². The fraction of sp³-hybridized carbons (Fsp3) is 0.480. The van der Waals surface area contributed by atoms with Gasteiger partial charge < -0.3 is 14.8 Å². The van der Waals surface area contributed by atoms with E-state index in [-0.39, 0.29) is 11.9 Å². The summed E-state index contributed by atoms with van der Waals surface area (Å²) in [5.41, 5.74) is 2.04. The van der Waals surface area contributed by atoms with Crippen molar-refractivity contribution in [3.8, 4) is 11.5 Å². The topological polar surface area (TPSA) is 50.8 Å². The van der Waals surface area contributed by atoms with Gasteiger partial charge in [-0.15, -0.1) is 0 Å². The molecule has 3 rings (SSSR count). The van der Waals surface area contributed by atoms with Crippen LogP contribution in [0.1, 0.15) is 56.7 Å². The first-order valence-corrected chi connectivity index (χ1v) is 10.8. The highest BCUT2D eigenvalue weighted by atomic mass is 16.5. The number of nitrogens with one attached hydrogen (secondary N) is 1. The lowest BCUT2D eigenvalue weighted by Gasteiger charge is -2.32. The normalized spacial score (nSPS) is 14.5. The molecule has 0 saturated heterocycles. The molecule has 0 aliphatic heterocycles. The number of ether oxygens (including phenoxy) is 2. The fourth-order valence-electron chi connectivity index (χ4n) is 4.29. The average Bonchev–Trinajstić information content (AvgIpc) is 3.30. The van der Waals surface area contributed by atoms with E-state index in [4.69, 9.17) is 9.47 Å². The minimum atomic E-state index is -0.230. The van der Waals surface area contributed by atoms with Crippen molar-refractivity contribution in [2.75, 3.05) is 20.8 Å². The number of benzene rings is 2. The average molecular weight is 411 g/mol. The van der Waals surface area contributed by atoms with E-state index in [9.17, 15) is 4.79 Å². The Balaban J connectivity index is 1.80. The molecule has 0 unspecified atom stereocenters. The third-order valence-corrected chi connectivity index (χ3v) is 5.99. The number of rotatable bonds is 9. The monoisotopic (exact) mass is 410 g/mol. The molecule has 162 valence electrons. The third kappa shape index (κ3) is 5.54. The summed E-state index contributed by atoms with van der Waals surface area (Å²) in [7, 11) is 3.31. The zero-order valence-corrected chi connectivity index (χ0v) is 18.6. The maximum atomic E-state index is 13.1. The lowest BCUT2D eigenvalue weighted by atomic mass is 9.98. The highest BCUT2D eigenvalue weighted by Gasteiger charge is 2.27. The molecule has 1 saturated carbocycles. The van der Waals surface area contributed by atoms with Crippen molar-refractivity contribution < 1.29 is 14.3 Å². The van der Waals surface area contributed by atoms with Gasteiger partial charge in [0.25, 0.3) is 0 Å². The second-order valence-corrected chi connectivity index (χ2v) is 8.25. The van der Waals surface area contributed by atoms with Crippen LogP contribution in [0.25, 0.3) is 0 Å². The third-order valence-electron chi connectivity index (χ3n) is 5.99. The van der Waals surface area contributed by atoms with Gasteiger partial charge in [0.05, 0.1) is 26.8 Å². The zero-order valence-electron chi connectivity index (χ0n) is 18.6. The number of amides is 1. The van der Waals surface area contributed by atoms with Crippen molar-refractivity contribution >= 4 is 5.91 Å². The second-order valence-electron chi connectivity index (χ2n) is 8.25. The lowest BCUT2D eigenvalue weighted by molar-refractivity contribution is -0.123. The SMILES string of the molecule is COc1ccc(C(NC(=O)CN(C(C)C)C2CCCC2)c2ccc(OC)cc2)cc1. The van der Waals surface area contributed by atoms with E-state index in [1.807, 2.05) is 48.5 Å². The van der Waals surface area contributed by atoms with E-state index in [1.165, 1.54) is 25.7 Å². The van der Waals surface area contributed by atoms with E-state index < -0.39 is 0 Å². The predicted octanol–water partition coefficient (Wildman–Crippen LogP) is 4.56. The molecule has 0 bridgehead atoms. The van der Waals surface area contributed by atoms with Crippen molar-refractivity contribution in [1.29, 1.82) is 0 Å². The molecule has 0 spiro atoms. The molecular formula is C25H34N2O3. The quantitative estimate of drug-likeness (QED) is 0.658. The van der Waals surface area contributed by atoms with Crippen LogP contribution in [0.15, 0.2) is 48.5 Å². The van der Waals surface area contributed by atoms with Crippen LogP contribution in [-0.2, 0) is 4.79 Å². The van der Waals surface area contributed by atoms with E-state index in [1.54, 1.807) is 14.2 Å². The Bertz CT molecular complexity index is 749. The second kappa shape index (κ2) is 10.5. The Labute approximate surface area is 180 Å². The van der Waals surface area contributed by atoms with Gasteiger partial charge in [-0.2, -0.15) is 0 Å². The summed E-state index contributed by atoms with van der Waals surface area (Å²) in [6.45, 7) is 4.77. The van der Waals surface area contributed by atoms with Crippen molar-refractivity contribution in [1.82, 2.24) is 10.2 Å². The molecule has 30 heavy (non-hydrogen) atoms. The Kier molecular flexibility index (Phi) is 7.75. The number of hydrogen-bond donors (Lipinski definition) is 1. The number of nitrogens with zero attached hydrogens (tertiary/aromatic N) is 1. The number of carbonyl (C=O) groups is 1. The summed E-state index contributed by atoms with van der Waals surface area (Å²) in [6, 6.07) is 16.4. The number of carbonyl (C=O) groups excluding carboxylic acids is 1. The molecule has 2 aromatic carbocycles. The van der Waals surface area contributed by atoms with Gasteiger partial charge in [0.15, 0.2) is 0 Å². The van der Waals surface area contributed by atoms with Gasteiger partial charge in [-0.3, -0.25) is 9.69 Å². The summed E-state index contributed by atoms with van der Waals surface area (Å²) in [4.78, 5) is 15.5. The standard InChI is InChI=1S/C25H34N2O3/c1-18(2)27(21-7-5-6-8-21)17-24(28)26-25(19-9-13-22(29-3)14-10-19)20-11-15-23(30-4)16-12-20/h9-16,18,21,25H,5-8,17H2,1-4H3,(H,26,28). The maximum Gasteiger partial charge on any atom is 0.234 e. The molecule has 1 fully saturated rings. The molecule has 0 heterocycles. The van der Waals surface area contributed by atoms with Crippen LogP contribution >= 0.6 is 0 Å². The zero-order chi connectivity index (χ0) is 21.5.